The van der Waals surface area contributed by atoms with Gasteiger partial charge in [-0.05, 0) is 24.6 Å². The molecule has 0 amide bonds. The Morgan fingerprint density at radius 2 is 2.00 bits per heavy atom. The molecule has 2 rings (SSSR count). The first-order valence-corrected chi connectivity index (χ1v) is 5.31. The summed E-state index contributed by atoms with van der Waals surface area (Å²) >= 11 is 0. The van der Waals surface area contributed by atoms with Crippen LogP contribution in [0.1, 0.15) is 24.3 Å². The predicted molar refractivity (Wildman–Crippen MR) is 61.5 cm³/mol. The van der Waals surface area contributed by atoms with Gasteiger partial charge in [-0.3, -0.25) is 4.84 Å². The summed E-state index contributed by atoms with van der Waals surface area (Å²) in [6.07, 6.45) is 1.66. The van der Waals surface area contributed by atoms with Gasteiger partial charge in [-0.25, -0.2) is 0 Å². The third kappa shape index (κ3) is 2.95. The number of benzene rings is 1. The first-order chi connectivity index (χ1) is 7.86. The van der Waals surface area contributed by atoms with Gasteiger partial charge in [0.2, 0.25) is 0 Å². The van der Waals surface area contributed by atoms with Crippen molar-refractivity contribution in [2.75, 3.05) is 0 Å². The van der Waals surface area contributed by atoms with Crippen LogP contribution in [0.3, 0.4) is 0 Å². The zero-order chi connectivity index (χ0) is 11.2. The summed E-state index contributed by atoms with van der Waals surface area (Å²) in [7, 11) is 0. The van der Waals surface area contributed by atoms with Crippen molar-refractivity contribution in [1.29, 1.82) is 0 Å². The minimum Gasteiger partial charge on any atom is -0.468 e. The van der Waals surface area contributed by atoms with E-state index in [0.29, 0.717) is 6.61 Å². The van der Waals surface area contributed by atoms with Gasteiger partial charge in [-0.1, -0.05) is 30.3 Å². The molecule has 0 bridgehead atoms. The fraction of sp³-hybridized carbons (Fsp3) is 0.231. The average Bonchev–Trinajstić information content (AvgIpc) is 2.84. The fourth-order valence-corrected chi connectivity index (χ4v) is 1.42. The summed E-state index contributed by atoms with van der Waals surface area (Å²) < 4.78 is 5.26. The minimum atomic E-state index is 0.0544. The van der Waals surface area contributed by atoms with Crippen LogP contribution < -0.4 is 5.48 Å². The second-order valence-corrected chi connectivity index (χ2v) is 3.63. The predicted octanol–water partition coefficient (Wildman–Crippen LogP) is 3.06. The molecule has 3 heteroatoms. The number of nitrogens with one attached hydrogen (secondary N) is 1. The fourth-order valence-electron chi connectivity index (χ4n) is 1.42. The Morgan fingerprint density at radius 1 is 1.19 bits per heavy atom. The lowest BCUT2D eigenvalue weighted by Crippen LogP contribution is -2.18. The molecule has 1 unspecified atom stereocenters. The Hall–Kier alpha value is -1.58. The number of hydroxylamine groups is 1. The molecule has 84 valence electrons. The van der Waals surface area contributed by atoms with Gasteiger partial charge >= 0.3 is 0 Å². The Bertz CT molecular complexity index is 397. The van der Waals surface area contributed by atoms with E-state index in [9.17, 15) is 0 Å². The van der Waals surface area contributed by atoms with Crippen molar-refractivity contribution in [3.05, 3.63) is 60.1 Å². The van der Waals surface area contributed by atoms with Crippen molar-refractivity contribution in [3.8, 4) is 0 Å². The van der Waals surface area contributed by atoms with Crippen molar-refractivity contribution in [2.45, 2.75) is 19.6 Å². The van der Waals surface area contributed by atoms with E-state index in [2.05, 4.69) is 5.48 Å². The smallest absolute Gasteiger partial charge is 0.122 e. The molecular formula is C13H15NO2. The number of rotatable bonds is 5. The van der Waals surface area contributed by atoms with E-state index in [1.165, 1.54) is 0 Å². The maximum Gasteiger partial charge on any atom is 0.122 e. The molecule has 0 aliphatic heterocycles. The standard InChI is InChI=1S/C13H15NO2/c1-11(13-8-5-9-15-13)14-16-10-12-6-3-2-4-7-12/h2-9,11,14H,10H2,1H3. The molecule has 1 N–H and O–H groups in total. The Labute approximate surface area is 95.0 Å². The summed E-state index contributed by atoms with van der Waals surface area (Å²) in [6, 6.07) is 13.9. The summed E-state index contributed by atoms with van der Waals surface area (Å²) in [5, 5.41) is 0. The van der Waals surface area contributed by atoms with Gasteiger partial charge < -0.3 is 4.42 Å². The van der Waals surface area contributed by atoms with Crippen molar-refractivity contribution >= 4 is 0 Å². The molecule has 1 aromatic heterocycles. The quantitative estimate of drug-likeness (QED) is 0.781. The van der Waals surface area contributed by atoms with E-state index in [0.717, 1.165) is 11.3 Å². The van der Waals surface area contributed by atoms with Crippen LogP contribution in [-0.2, 0) is 11.4 Å². The van der Waals surface area contributed by atoms with Crippen molar-refractivity contribution in [2.24, 2.45) is 0 Å². The van der Waals surface area contributed by atoms with Gasteiger partial charge in [0.05, 0.1) is 18.9 Å². The zero-order valence-corrected chi connectivity index (χ0v) is 9.22. The normalized spacial score (nSPS) is 12.6. The molecule has 1 atom stereocenters. The summed E-state index contributed by atoms with van der Waals surface area (Å²) in [5.41, 5.74) is 4.08. The van der Waals surface area contributed by atoms with E-state index >= 15 is 0 Å². The van der Waals surface area contributed by atoms with E-state index < -0.39 is 0 Å². The Balaban J connectivity index is 1.76. The molecule has 3 nitrogen and oxygen atoms in total. The molecule has 0 aliphatic carbocycles. The SMILES string of the molecule is CC(NOCc1ccccc1)c1ccco1. The van der Waals surface area contributed by atoms with Crippen LogP contribution >= 0.6 is 0 Å². The molecule has 16 heavy (non-hydrogen) atoms. The monoisotopic (exact) mass is 217 g/mol. The Morgan fingerprint density at radius 3 is 2.69 bits per heavy atom. The minimum absolute atomic E-state index is 0.0544. The van der Waals surface area contributed by atoms with E-state index in [1.807, 2.05) is 49.4 Å². The molecule has 0 fully saturated rings. The first kappa shape index (κ1) is 10.9. The van der Waals surface area contributed by atoms with Crippen LogP contribution in [0.25, 0.3) is 0 Å². The van der Waals surface area contributed by atoms with E-state index in [-0.39, 0.29) is 6.04 Å². The lowest BCUT2D eigenvalue weighted by atomic mass is 10.2. The molecule has 0 aliphatic rings. The molecular weight excluding hydrogens is 202 g/mol. The Kier molecular flexibility index (Phi) is 3.75. The molecule has 0 radical (unpaired) electrons. The summed E-state index contributed by atoms with van der Waals surface area (Å²) in [5.74, 6) is 0.869. The first-order valence-electron chi connectivity index (χ1n) is 5.31. The van der Waals surface area contributed by atoms with E-state index in [1.54, 1.807) is 6.26 Å². The topological polar surface area (TPSA) is 34.4 Å². The van der Waals surface area contributed by atoms with Crippen molar-refractivity contribution < 1.29 is 9.25 Å². The molecule has 1 aromatic carbocycles. The van der Waals surface area contributed by atoms with Gasteiger partial charge in [0.1, 0.15) is 5.76 Å². The third-order valence-corrected chi connectivity index (χ3v) is 2.31. The van der Waals surface area contributed by atoms with Crippen molar-refractivity contribution in [1.82, 2.24) is 5.48 Å². The van der Waals surface area contributed by atoms with Crippen LogP contribution in [0.15, 0.2) is 53.1 Å². The summed E-state index contributed by atoms with van der Waals surface area (Å²) in [6.45, 7) is 2.54. The molecule has 1 heterocycles. The highest BCUT2D eigenvalue weighted by molar-refractivity contribution is 5.13. The second kappa shape index (κ2) is 5.49. The lowest BCUT2D eigenvalue weighted by molar-refractivity contribution is 0.00261. The van der Waals surface area contributed by atoms with Crippen LogP contribution in [-0.4, -0.2) is 0 Å². The zero-order valence-electron chi connectivity index (χ0n) is 9.22. The second-order valence-electron chi connectivity index (χ2n) is 3.63. The number of furan rings is 1. The van der Waals surface area contributed by atoms with Gasteiger partial charge in [0.15, 0.2) is 0 Å². The highest BCUT2D eigenvalue weighted by Crippen LogP contribution is 2.12. The van der Waals surface area contributed by atoms with Gasteiger partial charge in [-0.2, -0.15) is 5.48 Å². The molecule has 2 aromatic rings. The van der Waals surface area contributed by atoms with Gasteiger partial charge in [0.25, 0.3) is 0 Å². The lowest BCUT2D eigenvalue weighted by Gasteiger charge is -2.11. The maximum atomic E-state index is 5.40. The van der Waals surface area contributed by atoms with Crippen LogP contribution in [0.4, 0.5) is 0 Å². The average molecular weight is 217 g/mol. The van der Waals surface area contributed by atoms with Crippen LogP contribution in [0.5, 0.6) is 0 Å². The number of hydrogen-bond acceptors (Lipinski definition) is 3. The number of hydrogen-bond donors (Lipinski definition) is 1. The third-order valence-electron chi connectivity index (χ3n) is 2.31. The van der Waals surface area contributed by atoms with Crippen LogP contribution in [0, 0.1) is 0 Å². The van der Waals surface area contributed by atoms with Crippen molar-refractivity contribution in [3.63, 3.8) is 0 Å². The van der Waals surface area contributed by atoms with E-state index in [4.69, 9.17) is 9.25 Å². The maximum absolute atomic E-state index is 5.40. The van der Waals surface area contributed by atoms with Crippen LogP contribution in [0.2, 0.25) is 0 Å². The molecule has 0 saturated heterocycles. The largest absolute Gasteiger partial charge is 0.468 e. The highest BCUT2D eigenvalue weighted by Gasteiger charge is 2.06. The highest BCUT2D eigenvalue weighted by atomic mass is 16.6. The molecule has 0 saturated carbocycles. The summed E-state index contributed by atoms with van der Waals surface area (Å²) in [4.78, 5) is 5.40. The van der Waals surface area contributed by atoms with Gasteiger partial charge in [-0.15, -0.1) is 0 Å². The molecule has 0 spiro atoms. The van der Waals surface area contributed by atoms with Gasteiger partial charge in [0, 0.05) is 0 Å².